The highest BCUT2D eigenvalue weighted by molar-refractivity contribution is 9.09. The van der Waals surface area contributed by atoms with Gasteiger partial charge in [0.15, 0.2) is 0 Å². The van der Waals surface area contributed by atoms with E-state index in [1.165, 1.54) is 76.3 Å². The van der Waals surface area contributed by atoms with E-state index >= 15 is 0 Å². The lowest BCUT2D eigenvalue weighted by Crippen LogP contribution is -2.59. The zero-order valence-electron chi connectivity index (χ0n) is 27.4. The van der Waals surface area contributed by atoms with Gasteiger partial charge in [-0.25, -0.2) is 0 Å². The second-order valence-electron chi connectivity index (χ2n) is 17.6. The summed E-state index contributed by atoms with van der Waals surface area (Å²) in [7, 11) is -2.14. The molecule has 0 saturated heterocycles. The Hall–Kier alpha value is 0.834. The number of halogens is 1. The van der Waals surface area contributed by atoms with Gasteiger partial charge >= 0.3 is 0 Å². The van der Waals surface area contributed by atoms with Crippen molar-refractivity contribution in [1.82, 2.24) is 0 Å². The van der Waals surface area contributed by atoms with Gasteiger partial charge in [-0.05, 0) is 123 Å². The first-order chi connectivity index (χ1) is 18.2. The zero-order chi connectivity index (χ0) is 28.6. The highest BCUT2D eigenvalue weighted by atomic mass is 79.9. The van der Waals surface area contributed by atoms with E-state index in [0.717, 1.165) is 54.1 Å². The molecule has 4 fully saturated rings. The maximum Gasteiger partial charge on any atom is 0.0611 e. The smallest absolute Gasteiger partial charge is 0.0611 e. The fourth-order valence-electron chi connectivity index (χ4n) is 10.1. The Labute approximate surface area is 254 Å². The van der Waals surface area contributed by atoms with Crippen LogP contribution >= 0.6 is 15.9 Å². The fraction of sp³-hybridized carbons (Fsp3) is 1.00. The van der Waals surface area contributed by atoms with E-state index in [1.807, 2.05) is 0 Å². The van der Waals surface area contributed by atoms with Crippen LogP contribution in [-0.2, 0) is 9.47 Å². The Balaban J connectivity index is 1.53. The third-order valence-electron chi connectivity index (χ3n) is 12.6. The molecular weight excluding hydrogens is 576 g/mol. The molecule has 0 aromatic rings. The molecule has 0 aliphatic heterocycles. The average molecular weight is 642 g/mol. The lowest BCUT2D eigenvalue weighted by Gasteiger charge is -2.63. The molecule has 2 nitrogen and oxygen atoms in total. The largest absolute Gasteiger partial charge is 0.379 e. The Morgan fingerprint density at radius 3 is 2.05 bits per heavy atom. The average Bonchev–Trinajstić information content (AvgIpc) is 3.18. The van der Waals surface area contributed by atoms with Gasteiger partial charge in [0, 0.05) is 34.7 Å². The molecule has 0 N–H and O–H groups in total. The number of hydrogen-bond acceptors (Lipinski definition) is 2. The van der Waals surface area contributed by atoms with Crippen LogP contribution in [0, 0.1) is 46.3 Å². The topological polar surface area (TPSA) is 18.5 Å². The Bertz CT molecular complexity index is 793. The van der Waals surface area contributed by atoms with E-state index in [2.05, 4.69) is 76.0 Å². The Morgan fingerprint density at radius 1 is 0.795 bits per heavy atom. The number of fused-ring (bicyclic) bond motifs is 5. The van der Waals surface area contributed by atoms with Gasteiger partial charge < -0.3 is 9.47 Å². The molecule has 0 radical (unpaired) electrons. The predicted molar refractivity (Wildman–Crippen MR) is 179 cm³/mol. The van der Waals surface area contributed by atoms with Crippen molar-refractivity contribution in [3.8, 4) is 0 Å². The van der Waals surface area contributed by atoms with Gasteiger partial charge in [-0.15, -0.1) is 0 Å². The van der Waals surface area contributed by atoms with Crippen LogP contribution in [0.5, 0.6) is 0 Å². The summed E-state index contributed by atoms with van der Waals surface area (Å²) in [5, 5.41) is 1.16. The second-order valence-corrected chi connectivity index (χ2v) is 29.6. The maximum absolute atomic E-state index is 7.09. The minimum atomic E-state index is -1.10. The molecule has 0 heterocycles. The zero-order valence-corrected chi connectivity index (χ0v) is 31.0. The minimum Gasteiger partial charge on any atom is -0.379 e. The molecule has 0 aromatic heterocycles. The second kappa shape index (κ2) is 12.8. The highest BCUT2D eigenvalue weighted by Gasteiger charge is 2.63. The van der Waals surface area contributed by atoms with E-state index in [1.54, 1.807) is 0 Å². The van der Waals surface area contributed by atoms with Gasteiger partial charge in [0.05, 0.1) is 12.2 Å². The van der Waals surface area contributed by atoms with Crippen LogP contribution in [0.4, 0.5) is 0 Å². The third kappa shape index (κ3) is 7.50. The first-order valence-corrected chi connectivity index (χ1v) is 25.5. The lowest BCUT2D eigenvalue weighted by molar-refractivity contribution is -0.190. The molecule has 228 valence electrons. The van der Waals surface area contributed by atoms with Crippen LogP contribution < -0.4 is 0 Å². The molecule has 0 spiro atoms. The molecule has 39 heavy (non-hydrogen) atoms. The lowest BCUT2D eigenvalue weighted by atomic mass is 9.43. The molecule has 0 amide bonds. The molecule has 0 bridgehead atoms. The van der Waals surface area contributed by atoms with E-state index in [9.17, 15) is 0 Å². The molecule has 10 atom stereocenters. The van der Waals surface area contributed by atoms with Gasteiger partial charge in [-0.2, -0.15) is 0 Å². The quantitative estimate of drug-likeness (QED) is 0.156. The number of hydrogen-bond donors (Lipinski definition) is 0. The van der Waals surface area contributed by atoms with Gasteiger partial charge in [0.2, 0.25) is 0 Å². The van der Waals surface area contributed by atoms with Gasteiger partial charge in [0.1, 0.15) is 0 Å². The summed E-state index contributed by atoms with van der Waals surface area (Å²) in [6.45, 7) is 25.0. The van der Waals surface area contributed by atoms with E-state index < -0.39 is 16.1 Å². The summed E-state index contributed by atoms with van der Waals surface area (Å²) < 4.78 is 13.7. The van der Waals surface area contributed by atoms with Crippen molar-refractivity contribution in [3.63, 3.8) is 0 Å². The van der Waals surface area contributed by atoms with Crippen LogP contribution in [-0.4, -0.2) is 46.9 Å². The Kier molecular flexibility index (Phi) is 10.8. The SMILES string of the molecule is C[C@H](CCCBr)[C@H]1CC[C@H]2[C@@H]3[C@H](OCC[Si](C)(C)C)C[C@@H]4C[C@H](OCC[Si](C)(C)C)CC[C@]4(C)[C@H]3CC[C@]12C. The van der Waals surface area contributed by atoms with Crippen molar-refractivity contribution in [3.05, 3.63) is 0 Å². The summed E-state index contributed by atoms with van der Waals surface area (Å²) in [4.78, 5) is 0. The summed E-state index contributed by atoms with van der Waals surface area (Å²) >= 11 is 3.70. The fourth-order valence-corrected chi connectivity index (χ4v) is 11.9. The van der Waals surface area contributed by atoms with E-state index in [-0.39, 0.29) is 0 Å². The summed E-state index contributed by atoms with van der Waals surface area (Å²) in [6.07, 6.45) is 14.8. The van der Waals surface area contributed by atoms with Gasteiger partial charge in [-0.1, -0.05) is 76.0 Å². The Morgan fingerprint density at radius 2 is 1.41 bits per heavy atom. The normalized spacial score (nSPS) is 41.5. The monoisotopic (exact) mass is 640 g/mol. The van der Waals surface area contributed by atoms with E-state index in [4.69, 9.17) is 9.47 Å². The van der Waals surface area contributed by atoms with Crippen LogP contribution in [0.1, 0.15) is 85.0 Å². The van der Waals surface area contributed by atoms with Crippen LogP contribution in [0.15, 0.2) is 0 Å². The highest BCUT2D eigenvalue weighted by Crippen LogP contribution is 2.69. The van der Waals surface area contributed by atoms with Crippen molar-refractivity contribution in [2.75, 3.05) is 18.5 Å². The van der Waals surface area contributed by atoms with Gasteiger partial charge in [-0.3, -0.25) is 0 Å². The molecule has 4 rings (SSSR count). The third-order valence-corrected chi connectivity index (χ3v) is 16.5. The number of alkyl halides is 1. The maximum atomic E-state index is 7.09. The standard InChI is InChI=1S/C34H65BrO2Si2/c1-25(11-10-18-35)28-12-13-29-32-30(15-17-34(28,29)3)33(2)16-14-27(36-19-21-38(4,5)6)23-26(33)24-31(32)37-20-22-39(7,8)9/h25-32H,10-24H2,1-9H3/t25-,26+,27-,28-,29+,30+,31-,32+,33+,34-/m1/s1. The van der Waals surface area contributed by atoms with Crippen LogP contribution in [0.2, 0.25) is 51.4 Å². The number of ether oxygens (including phenoxy) is 2. The molecule has 0 aromatic carbocycles. The van der Waals surface area contributed by atoms with Gasteiger partial charge in [0.25, 0.3) is 0 Å². The van der Waals surface area contributed by atoms with E-state index in [0.29, 0.717) is 23.0 Å². The summed E-state index contributed by atoms with van der Waals surface area (Å²) in [5.41, 5.74) is 1.01. The summed E-state index contributed by atoms with van der Waals surface area (Å²) in [5.74, 6) is 5.05. The first kappa shape index (κ1) is 32.7. The van der Waals surface area contributed by atoms with Crippen molar-refractivity contribution < 1.29 is 9.47 Å². The first-order valence-electron chi connectivity index (χ1n) is 17.0. The van der Waals surface area contributed by atoms with Crippen molar-refractivity contribution in [2.45, 2.75) is 149 Å². The van der Waals surface area contributed by atoms with Crippen molar-refractivity contribution >= 4 is 32.1 Å². The molecule has 4 aliphatic carbocycles. The number of rotatable bonds is 12. The summed E-state index contributed by atoms with van der Waals surface area (Å²) in [6, 6.07) is 2.60. The predicted octanol–water partition coefficient (Wildman–Crippen LogP) is 10.5. The molecular formula is C34H65BrO2Si2. The molecule has 4 saturated carbocycles. The molecule has 4 aliphatic rings. The molecule has 5 heteroatoms. The molecule has 0 unspecified atom stereocenters. The van der Waals surface area contributed by atoms with Crippen molar-refractivity contribution in [2.24, 2.45) is 46.3 Å². The van der Waals surface area contributed by atoms with Crippen molar-refractivity contribution in [1.29, 1.82) is 0 Å². The minimum absolute atomic E-state index is 0.478. The van der Waals surface area contributed by atoms with Crippen LogP contribution in [0.25, 0.3) is 0 Å². The van der Waals surface area contributed by atoms with Crippen LogP contribution in [0.3, 0.4) is 0 Å².